The Morgan fingerprint density at radius 3 is 2.58 bits per heavy atom. The minimum atomic E-state index is -0.180. The Kier molecular flexibility index (Phi) is 6.07. The molecule has 1 rings (SSSR count). The number of nitrogens with two attached hydrogens (primary N) is 1. The van der Waals surface area contributed by atoms with Crippen LogP contribution in [0.15, 0.2) is 18.2 Å². The van der Waals surface area contributed by atoms with Crippen molar-refractivity contribution in [3.05, 3.63) is 28.8 Å². The molecule has 0 amide bonds. The van der Waals surface area contributed by atoms with E-state index in [0.29, 0.717) is 5.02 Å². The molecule has 4 nitrogen and oxygen atoms in total. The third-order valence-electron chi connectivity index (χ3n) is 3.36. The smallest absolute Gasteiger partial charge is 0.123 e. The Bertz CT molecular complexity index is 410. The highest BCUT2D eigenvalue weighted by Crippen LogP contribution is 2.32. The first-order chi connectivity index (χ1) is 8.93. The summed E-state index contributed by atoms with van der Waals surface area (Å²) in [5.41, 5.74) is 3.61. The minimum Gasteiger partial charge on any atom is -0.496 e. The third kappa shape index (κ3) is 4.66. The number of benzene rings is 1. The first kappa shape index (κ1) is 16.2. The molecular weight excluding hydrogens is 264 g/mol. The highest BCUT2D eigenvalue weighted by Gasteiger charge is 2.21. The van der Waals surface area contributed by atoms with Crippen LogP contribution in [-0.4, -0.2) is 19.8 Å². The fraction of sp³-hybridized carbons (Fsp3) is 0.571. The fourth-order valence-electron chi connectivity index (χ4n) is 1.90. The number of nitrogens with one attached hydrogen (secondary N) is 1. The SMILES string of the molecule is COc1ccc(Cl)cc1C(CCC(C)(C)OC)NN. The molecule has 5 heteroatoms. The summed E-state index contributed by atoms with van der Waals surface area (Å²) in [5.74, 6) is 6.44. The number of methoxy groups -OCH3 is 2. The van der Waals surface area contributed by atoms with Gasteiger partial charge in [0.15, 0.2) is 0 Å². The molecule has 19 heavy (non-hydrogen) atoms. The average Bonchev–Trinajstić information content (AvgIpc) is 2.39. The highest BCUT2D eigenvalue weighted by molar-refractivity contribution is 6.30. The van der Waals surface area contributed by atoms with Crippen LogP contribution in [0.3, 0.4) is 0 Å². The Balaban J connectivity index is 2.88. The van der Waals surface area contributed by atoms with Crippen molar-refractivity contribution in [3.63, 3.8) is 0 Å². The van der Waals surface area contributed by atoms with E-state index in [2.05, 4.69) is 19.3 Å². The topological polar surface area (TPSA) is 56.5 Å². The molecule has 1 unspecified atom stereocenters. The lowest BCUT2D eigenvalue weighted by atomic mass is 9.95. The van der Waals surface area contributed by atoms with Gasteiger partial charge >= 0.3 is 0 Å². The van der Waals surface area contributed by atoms with Gasteiger partial charge in [-0.05, 0) is 44.9 Å². The lowest BCUT2D eigenvalue weighted by Crippen LogP contribution is -2.31. The first-order valence-electron chi connectivity index (χ1n) is 6.28. The number of hydrogen-bond acceptors (Lipinski definition) is 4. The Morgan fingerprint density at radius 2 is 2.05 bits per heavy atom. The summed E-state index contributed by atoms with van der Waals surface area (Å²) in [6.07, 6.45) is 1.70. The van der Waals surface area contributed by atoms with E-state index in [9.17, 15) is 0 Å². The van der Waals surface area contributed by atoms with Gasteiger partial charge in [-0.1, -0.05) is 11.6 Å². The summed E-state index contributed by atoms with van der Waals surface area (Å²) in [6, 6.07) is 5.51. The van der Waals surface area contributed by atoms with E-state index in [-0.39, 0.29) is 11.6 Å². The van der Waals surface area contributed by atoms with Gasteiger partial charge in [-0.25, -0.2) is 0 Å². The normalized spacial score (nSPS) is 13.4. The average molecular weight is 287 g/mol. The van der Waals surface area contributed by atoms with Gasteiger partial charge in [0.25, 0.3) is 0 Å². The molecular formula is C14H23ClN2O2. The summed E-state index contributed by atoms with van der Waals surface area (Å²) < 4.78 is 10.8. The molecule has 0 saturated heterocycles. The molecule has 0 bridgehead atoms. The molecule has 0 radical (unpaired) electrons. The predicted molar refractivity (Wildman–Crippen MR) is 78.4 cm³/mol. The fourth-order valence-corrected chi connectivity index (χ4v) is 2.08. The van der Waals surface area contributed by atoms with E-state index in [1.807, 2.05) is 12.1 Å². The molecule has 0 aromatic heterocycles. The molecule has 3 N–H and O–H groups in total. The van der Waals surface area contributed by atoms with Gasteiger partial charge in [-0.3, -0.25) is 11.3 Å². The van der Waals surface area contributed by atoms with Gasteiger partial charge in [0.05, 0.1) is 12.7 Å². The van der Waals surface area contributed by atoms with Crippen molar-refractivity contribution < 1.29 is 9.47 Å². The van der Waals surface area contributed by atoms with Gasteiger partial charge < -0.3 is 9.47 Å². The van der Waals surface area contributed by atoms with Crippen LogP contribution in [0.2, 0.25) is 5.02 Å². The van der Waals surface area contributed by atoms with Crippen molar-refractivity contribution in [1.29, 1.82) is 0 Å². The van der Waals surface area contributed by atoms with Crippen LogP contribution in [0.5, 0.6) is 5.75 Å². The van der Waals surface area contributed by atoms with Crippen molar-refractivity contribution >= 4 is 11.6 Å². The van der Waals surface area contributed by atoms with Crippen molar-refractivity contribution in [2.45, 2.75) is 38.3 Å². The zero-order chi connectivity index (χ0) is 14.5. The summed E-state index contributed by atoms with van der Waals surface area (Å²) >= 11 is 6.04. The largest absolute Gasteiger partial charge is 0.496 e. The third-order valence-corrected chi connectivity index (χ3v) is 3.59. The summed E-state index contributed by atoms with van der Waals surface area (Å²) in [6.45, 7) is 4.10. The molecule has 0 heterocycles. The van der Waals surface area contributed by atoms with Gasteiger partial charge in [0, 0.05) is 23.7 Å². The molecule has 0 saturated carbocycles. The Labute approximate surface area is 120 Å². The zero-order valence-electron chi connectivity index (χ0n) is 12.0. The Morgan fingerprint density at radius 1 is 1.37 bits per heavy atom. The van der Waals surface area contributed by atoms with E-state index >= 15 is 0 Å². The Hall–Kier alpha value is -0.810. The van der Waals surface area contributed by atoms with Crippen LogP contribution in [0.1, 0.15) is 38.3 Å². The number of hydrogen-bond donors (Lipinski definition) is 2. The predicted octanol–water partition coefficient (Wildman–Crippen LogP) is 3.06. The van der Waals surface area contributed by atoms with Crippen LogP contribution >= 0.6 is 11.6 Å². The van der Waals surface area contributed by atoms with E-state index in [1.165, 1.54) is 0 Å². The summed E-state index contributed by atoms with van der Waals surface area (Å²) in [7, 11) is 3.35. The number of hydrazine groups is 1. The number of halogens is 1. The lowest BCUT2D eigenvalue weighted by molar-refractivity contribution is 0.0116. The van der Waals surface area contributed by atoms with E-state index in [4.69, 9.17) is 26.9 Å². The summed E-state index contributed by atoms with van der Waals surface area (Å²) in [5, 5.41) is 0.669. The zero-order valence-corrected chi connectivity index (χ0v) is 12.8. The van der Waals surface area contributed by atoms with Crippen molar-refractivity contribution in [2.75, 3.05) is 14.2 Å². The molecule has 108 valence electrons. The highest BCUT2D eigenvalue weighted by atomic mass is 35.5. The molecule has 1 aromatic carbocycles. The van der Waals surface area contributed by atoms with Gasteiger partial charge in [0.1, 0.15) is 5.75 Å². The summed E-state index contributed by atoms with van der Waals surface area (Å²) in [4.78, 5) is 0. The molecule has 0 fully saturated rings. The number of rotatable bonds is 7. The van der Waals surface area contributed by atoms with Crippen LogP contribution in [0, 0.1) is 0 Å². The molecule has 0 aliphatic carbocycles. The van der Waals surface area contributed by atoms with Crippen LogP contribution in [0.25, 0.3) is 0 Å². The second-order valence-corrected chi connectivity index (χ2v) is 5.54. The van der Waals surface area contributed by atoms with E-state index in [1.54, 1.807) is 20.3 Å². The van der Waals surface area contributed by atoms with Gasteiger partial charge in [-0.2, -0.15) is 0 Å². The minimum absolute atomic E-state index is 0.0249. The van der Waals surface area contributed by atoms with E-state index in [0.717, 1.165) is 24.2 Å². The maximum absolute atomic E-state index is 6.04. The van der Waals surface area contributed by atoms with E-state index < -0.39 is 0 Å². The van der Waals surface area contributed by atoms with Gasteiger partial charge in [-0.15, -0.1) is 0 Å². The molecule has 0 spiro atoms. The number of ether oxygens (including phenoxy) is 2. The second kappa shape index (κ2) is 7.10. The molecule has 1 atom stereocenters. The standard InChI is InChI=1S/C14H23ClN2O2/c1-14(2,19-4)8-7-12(17-16)11-9-10(15)5-6-13(11)18-3/h5-6,9,12,17H,7-8,16H2,1-4H3. The van der Waals surface area contributed by atoms with Crippen molar-refractivity contribution in [3.8, 4) is 5.75 Å². The lowest BCUT2D eigenvalue weighted by Gasteiger charge is -2.26. The second-order valence-electron chi connectivity index (χ2n) is 5.11. The van der Waals surface area contributed by atoms with Crippen LogP contribution in [-0.2, 0) is 4.74 Å². The van der Waals surface area contributed by atoms with Crippen LogP contribution < -0.4 is 16.0 Å². The van der Waals surface area contributed by atoms with Crippen LogP contribution in [0.4, 0.5) is 0 Å². The van der Waals surface area contributed by atoms with Gasteiger partial charge in [0.2, 0.25) is 0 Å². The maximum Gasteiger partial charge on any atom is 0.123 e. The first-order valence-corrected chi connectivity index (χ1v) is 6.66. The molecule has 0 aliphatic heterocycles. The van der Waals surface area contributed by atoms with Crippen molar-refractivity contribution in [1.82, 2.24) is 5.43 Å². The molecule has 0 aliphatic rings. The monoisotopic (exact) mass is 286 g/mol. The molecule has 1 aromatic rings. The van der Waals surface area contributed by atoms with Crippen molar-refractivity contribution in [2.24, 2.45) is 5.84 Å². The quantitative estimate of drug-likeness (QED) is 0.597. The maximum atomic E-state index is 6.04.